The maximum absolute atomic E-state index is 15.0. The van der Waals surface area contributed by atoms with Crippen LogP contribution in [-0.2, 0) is 4.79 Å². The summed E-state index contributed by atoms with van der Waals surface area (Å²) < 4.78 is 15.7. The van der Waals surface area contributed by atoms with Crippen molar-refractivity contribution in [2.75, 3.05) is 49.2 Å². The van der Waals surface area contributed by atoms with Crippen molar-refractivity contribution in [3.63, 3.8) is 0 Å². The number of likely N-dealkylation sites (N-methyl/N-ethyl adjacent to an activating group) is 1. The first-order valence-corrected chi connectivity index (χ1v) is 11.2. The minimum Gasteiger partial charge on any atom is -0.383 e. The summed E-state index contributed by atoms with van der Waals surface area (Å²) >= 11 is 3.51. The van der Waals surface area contributed by atoms with Crippen molar-refractivity contribution < 1.29 is 9.18 Å². The number of nitrogens with one attached hydrogen (secondary N) is 1. The van der Waals surface area contributed by atoms with Gasteiger partial charge in [-0.05, 0) is 76.8 Å². The Morgan fingerprint density at radius 2 is 1.88 bits per heavy atom. The van der Waals surface area contributed by atoms with Gasteiger partial charge in [0.05, 0.1) is 5.69 Å². The summed E-state index contributed by atoms with van der Waals surface area (Å²) in [5, 5.41) is 4.29. The lowest BCUT2D eigenvalue weighted by Gasteiger charge is -2.34. The number of fused-ring (bicyclic) bond motifs is 1. The predicted molar refractivity (Wildman–Crippen MR) is 132 cm³/mol. The minimum atomic E-state index is -0.846. The molecule has 3 aromatic rings. The lowest BCUT2D eigenvalue weighted by molar-refractivity contribution is -0.114. The van der Waals surface area contributed by atoms with E-state index >= 15 is 0 Å². The summed E-state index contributed by atoms with van der Waals surface area (Å²) in [6.07, 6.45) is 1.63. The Morgan fingerprint density at radius 3 is 2.59 bits per heavy atom. The van der Waals surface area contributed by atoms with Crippen molar-refractivity contribution in [1.82, 2.24) is 9.88 Å². The van der Waals surface area contributed by atoms with Crippen LogP contribution in [0.2, 0.25) is 0 Å². The van der Waals surface area contributed by atoms with E-state index in [0.29, 0.717) is 21.5 Å². The molecule has 2 heterocycles. The highest BCUT2D eigenvalue weighted by Gasteiger charge is 2.18. The van der Waals surface area contributed by atoms with Gasteiger partial charge in [-0.1, -0.05) is 12.1 Å². The van der Waals surface area contributed by atoms with Crippen LogP contribution < -0.4 is 16.0 Å². The van der Waals surface area contributed by atoms with Gasteiger partial charge in [-0.15, -0.1) is 0 Å². The number of allylic oxidation sites excluding steroid dienone is 1. The molecule has 0 saturated carbocycles. The number of anilines is 3. The first-order valence-electron chi connectivity index (χ1n) is 10.4. The van der Waals surface area contributed by atoms with Crippen LogP contribution >= 0.6 is 15.9 Å². The summed E-state index contributed by atoms with van der Waals surface area (Å²) in [5.41, 5.74) is 8.34. The van der Waals surface area contributed by atoms with Crippen molar-refractivity contribution in [2.24, 2.45) is 0 Å². The largest absolute Gasteiger partial charge is 0.383 e. The number of nitrogen functional groups attached to an aromatic ring is 1. The molecule has 1 saturated heterocycles. The van der Waals surface area contributed by atoms with E-state index in [0.717, 1.165) is 42.6 Å². The zero-order valence-electron chi connectivity index (χ0n) is 18.0. The molecule has 0 aliphatic carbocycles. The van der Waals surface area contributed by atoms with Gasteiger partial charge < -0.3 is 20.9 Å². The van der Waals surface area contributed by atoms with Gasteiger partial charge in [0.2, 0.25) is 0 Å². The normalized spacial score (nSPS) is 15.6. The molecule has 0 spiro atoms. The highest BCUT2D eigenvalue weighted by molar-refractivity contribution is 9.10. The fourth-order valence-corrected chi connectivity index (χ4v) is 4.23. The van der Waals surface area contributed by atoms with Crippen LogP contribution in [-0.4, -0.2) is 49.0 Å². The minimum absolute atomic E-state index is 0.234. The number of nitrogens with zero attached hydrogens (tertiary/aromatic N) is 3. The van der Waals surface area contributed by atoms with Crippen LogP contribution in [0.3, 0.4) is 0 Å². The Hall–Kier alpha value is -2.97. The molecule has 0 radical (unpaired) electrons. The van der Waals surface area contributed by atoms with Gasteiger partial charge >= 0.3 is 0 Å². The molecule has 0 unspecified atom stereocenters. The number of aromatic nitrogens is 1. The standard InChI is InChI=1S/C24H25BrFN5O/c1-15(17-4-3-16-7-8-28-23(27)19(16)13-17)22(26)24(32)29-21-6-5-18(14-20(21)25)31-11-9-30(2)10-12-31/h3-8,13-14H,9-12H2,1-2H3,(H2,27,28)(H,29,32)/b22-15-. The molecule has 1 amide bonds. The van der Waals surface area contributed by atoms with Crippen LogP contribution in [0.15, 0.2) is 59.0 Å². The Kier molecular flexibility index (Phi) is 6.43. The van der Waals surface area contributed by atoms with E-state index in [1.165, 1.54) is 0 Å². The number of benzene rings is 2. The maximum atomic E-state index is 15.0. The Bertz CT molecular complexity index is 1200. The second-order valence-electron chi connectivity index (χ2n) is 7.98. The zero-order chi connectivity index (χ0) is 22.8. The molecule has 1 fully saturated rings. The van der Waals surface area contributed by atoms with Crippen molar-refractivity contribution in [3.05, 3.63) is 64.5 Å². The molecule has 1 aliphatic heterocycles. The molecule has 0 bridgehead atoms. The van der Waals surface area contributed by atoms with Crippen molar-refractivity contribution in [3.8, 4) is 0 Å². The van der Waals surface area contributed by atoms with Crippen molar-refractivity contribution in [2.45, 2.75) is 6.92 Å². The molecule has 3 N–H and O–H groups in total. The number of rotatable bonds is 4. The van der Waals surface area contributed by atoms with E-state index in [1.807, 2.05) is 24.3 Å². The smallest absolute Gasteiger partial charge is 0.284 e. The number of pyridine rings is 1. The average Bonchev–Trinajstić information content (AvgIpc) is 2.80. The molecular weight excluding hydrogens is 473 g/mol. The fourth-order valence-electron chi connectivity index (χ4n) is 3.77. The van der Waals surface area contributed by atoms with Gasteiger partial charge in [0.15, 0.2) is 5.83 Å². The lowest BCUT2D eigenvalue weighted by atomic mass is 10.0. The molecule has 8 heteroatoms. The second kappa shape index (κ2) is 9.26. The summed E-state index contributed by atoms with van der Waals surface area (Å²) in [4.78, 5) is 21.3. The SMILES string of the molecule is C/C(=C(/F)C(=O)Nc1ccc(N2CCN(C)CC2)cc1Br)c1ccc2ccnc(N)c2c1. The monoisotopic (exact) mass is 497 g/mol. The van der Waals surface area contributed by atoms with E-state index in [-0.39, 0.29) is 5.57 Å². The molecule has 4 rings (SSSR count). The molecular formula is C24H25BrFN5O. The third-order valence-corrected chi connectivity index (χ3v) is 6.48. The van der Waals surface area contributed by atoms with Crippen LogP contribution in [0.1, 0.15) is 12.5 Å². The van der Waals surface area contributed by atoms with Gasteiger partial charge in [0.1, 0.15) is 5.82 Å². The second-order valence-corrected chi connectivity index (χ2v) is 8.83. The topological polar surface area (TPSA) is 74.5 Å². The summed E-state index contributed by atoms with van der Waals surface area (Å²) in [5.74, 6) is -1.27. The number of carbonyl (C=O) groups excluding carboxylic acids is 1. The Morgan fingerprint density at radius 1 is 1.12 bits per heavy atom. The number of halogens is 2. The fraction of sp³-hybridized carbons (Fsp3) is 0.250. The highest BCUT2D eigenvalue weighted by atomic mass is 79.9. The molecule has 2 aromatic carbocycles. The highest BCUT2D eigenvalue weighted by Crippen LogP contribution is 2.30. The van der Waals surface area contributed by atoms with E-state index in [9.17, 15) is 9.18 Å². The predicted octanol–water partition coefficient (Wildman–Crippen LogP) is 4.67. The first kappa shape index (κ1) is 22.2. The summed E-state index contributed by atoms with van der Waals surface area (Å²) in [6, 6.07) is 12.9. The third kappa shape index (κ3) is 4.61. The summed E-state index contributed by atoms with van der Waals surface area (Å²) in [6.45, 7) is 5.46. The van der Waals surface area contributed by atoms with Crippen LogP contribution in [0.5, 0.6) is 0 Å². The molecule has 166 valence electrons. The number of carbonyl (C=O) groups is 1. The quantitative estimate of drug-likeness (QED) is 0.512. The van der Waals surface area contributed by atoms with Crippen LogP contribution in [0, 0.1) is 0 Å². The van der Waals surface area contributed by atoms with E-state index in [1.54, 1.807) is 31.3 Å². The summed E-state index contributed by atoms with van der Waals surface area (Å²) in [7, 11) is 2.11. The Labute approximate surface area is 195 Å². The number of nitrogens with two attached hydrogens (primary N) is 1. The molecule has 1 aromatic heterocycles. The van der Waals surface area contributed by atoms with E-state index in [4.69, 9.17) is 5.73 Å². The number of piperazine rings is 1. The van der Waals surface area contributed by atoms with Gasteiger partial charge in [0, 0.05) is 47.9 Å². The van der Waals surface area contributed by atoms with Gasteiger partial charge in [0.25, 0.3) is 5.91 Å². The maximum Gasteiger partial charge on any atom is 0.284 e. The van der Waals surface area contributed by atoms with Gasteiger partial charge in [-0.25, -0.2) is 9.37 Å². The molecule has 6 nitrogen and oxygen atoms in total. The zero-order valence-corrected chi connectivity index (χ0v) is 19.6. The molecule has 0 atom stereocenters. The average molecular weight is 498 g/mol. The first-order chi connectivity index (χ1) is 15.3. The number of hydrogen-bond acceptors (Lipinski definition) is 5. The number of hydrogen-bond donors (Lipinski definition) is 2. The van der Waals surface area contributed by atoms with Gasteiger partial charge in [-0.3, -0.25) is 4.79 Å². The van der Waals surface area contributed by atoms with Gasteiger partial charge in [-0.2, -0.15) is 0 Å². The Balaban J connectivity index is 1.53. The van der Waals surface area contributed by atoms with E-state index in [2.05, 4.69) is 43.1 Å². The molecule has 1 aliphatic rings. The van der Waals surface area contributed by atoms with E-state index < -0.39 is 11.7 Å². The number of amides is 1. The van der Waals surface area contributed by atoms with Crippen LogP contribution in [0.25, 0.3) is 16.3 Å². The third-order valence-electron chi connectivity index (χ3n) is 5.83. The van der Waals surface area contributed by atoms with Crippen molar-refractivity contribution >= 4 is 55.4 Å². The lowest BCUT2D eigenvalue weighted by Crippen LogP contribution is -2.44. The van der Waals surface area contributed by atoms with Crippen LogP contribution in [0.4, 0.5) is 21.6 Å². The molecule has 32 heavy (non-hydrogen) atoms. The van der Waals surface area contributed by atoms with Crippen molar-refractivity contribution in [1.29, 1.82) is 0 Å².